The number of aryl methyl sites for hydroxylation is 2. The molecule has 5 aromatic carbocycles. The second-order valence-electron chi connectivity index (χ2n) is 10.8. The molecule has 6 heteroatoms. The van der Waals surface area contributed by atoms with Crippen LogP contribution in [0.5, 0.6) is 11.5 Å². The van der Waals surface area contributed by atoms with Gasteiger partial charge >= 0.3 is 0 Å². The van der Waals surface area contributed by atoms with E-state index in [1.807, 2.05) is 159 Å². The number of fused-ring (bicyclic) bond motifs is 2. The zero-order valence-corrected chi connectivity index (χ0v) is 38.4. The standard InChI is InChI=1S/C13H10O.C10H8.C7H6O2.C5H5N.2C5H6S.4C2H6/c14-13(11-7-3-1-4-8-11)12-9-5-2-6-10-12;1-2-6-10-8-4-3-7-9(10)5-1;1-2-4-7-6(3-1)8-5-9-7;1-2-4-6-5-3-1;1-5-2-3-6-4-5;1-5-3-2-4-6-5;4*1-2/h1-10H;1-8H;1-4H,5H2;1-5H;2*2-4H,1H3;4*1-2H3. The monoisotopic (exact) mass is 827 g/mol. The van der Waals surface area contributed by atoms with Crippen molar-refractivity contribution in [3.05, 3.63) is 220 Å². The van der Waals surface area contributed by atoms with Gasteiger partial charge in [0.15, 0.2) is 17.3 Å². The Labute approximate surface area is 364 Å². The number of ether oxygens (including phenoxy) is 2. The number of para-hydroxylation sites is 2. The van der Waals surface area contributed by atoms with Crippen molar-refractivity contribution in [2.75, 3.05) is 6.79 Å². The first-order valence-corrected chi connectivity index (χ1v) is 22.2. The van der Waals surface area contributed by atoms with Crippen LogP contribution in [0.2, 0.25) is 0 Å². The van der Waals surface area contributed by atoms with E-state index in [0.29, 0.717) is 6.79 Å². The van der Waals surface area contributed by atoms with Gasteiger partial charge in [0.05, 0.1) is 0 Å². The molecule has 0 saturated carbocycles. The number of nitrogens with zero attached hydrogens (tertiary/aromatic N) is 1. The van der Waals surface area contributed by atoms with Gasteiger partial charge < -0.3 is 9.47 Å². The number of pyridine rings is 1. The van der Waals surface area contributed by atoms with Crippen molar-refractivity contribution in [3.8, 4) is 11.5 Å². The fourth-order valence-electron chi connectivity index (χ4n) is 4.33. The van der Waals surface area contributed by atoms with Crippen molar-refractivity contribution >= 4 is 39.2 Å². The number of carbonyl (C=O) groups excluding carboxylic acids is 1. The molecule has 3 aromatic heterocycles. The fraction of sp³-hybridized carbons (Fsp3) is 0.208. The van der Waals surface area contributed by atoms with E-state index in [1.54, 1.807) is 35.1 Å². The van der Waals surface area contributed by atoms with Crippen LogP contribution in [0.25, 0.3) is 10.8 Å². The molecule has 0 unspecified atom stereocenters. The Morgan fingerprint density at radius 2 is 0.881 bits per heavy atom. The lowest BCUT2D eigenvalue weighted by Crippen LogP contribution is -1.99. The van der Waals surface area contributed by atoms with E-state index in [9.17, 15) is 4.79 Å². The van der Waals surface area contributed by atoms with Gasteiger partial charge in [0, 0.05) is 28.4 Å². The van der Waals surface area contributed by atoms with E-state index in [1.165, 1.54) is 21.2 Å². The normalized spacial score (nSPS) is 9.12. The van der Waals surface area contributed by atoms with Gasteiger partial charge in [0.1, 0.15) is 0 Å². The highest BCUT2D eigenvalue weighted by atomic mass is 32.1. The van der Waals surface area contributed by atoms with Gasteiger partial charge in [-0.15, -0.1) is 11.3 Å². The molecule has 312 valence electrons. The first kappa shape index (κ1) is 53.2. The third kappa shape index (κ3) is 24.5. The van der Waals surface area contributed by atoms with Gasteiger partial charge in [-0.1, -0.05) is 189 Å². The van der Waals surface area contributed by atoms with Crippen molar-refractivity contribution in [2.45, 2.75) is 69.2 Å². The summed E-state index contributed by atoms with van der Waals surface area (Å²) in [5, 5.41) is 8.90. The molecular weight excluding hydrogens is 763 g/mol. The molecule has 0 N–H and O–H groups in total. The molecule has 8 aromatic rings. The van der Waals surface area contributed by atoms with Crippen molar-refractivity contribution in [1.29, 1.82) is 0 Å². The highest BCUT2D eigenvalue weighted by Crippen LogP contribution is 2.30. The van der Waals surface area contributed by atoms with Crippen LogP contribution in [0.3, 0.4) is 0 Å². The predicted molar refractivity (Wildman–Crippen MR) is 261 cm³/mol. The van der Waals surface area contributed by atoms with Crippen molar-refractivity contribution < 1.29 is 14.3 Å². The van der Waals surface area contributed by atoms with Crippen LogP contribution in [0.15, 0.2) is 198 Å². The van der Waals surface area contributed by atoms with Crippen LogP contribution in [0, 0.1) is 13.8 Å². The minimum atomic E-state index is 0.0752. The van der Waals surface area contributed by atoms with Crippen LogP contribution >= 0.6 is 22.7 Å². The summed E-state index contributed by atoms with van der Waals surface area (Å²) in [4.78, 5) is 17.0. The first-order chi connectivity index (χ1) is 29.1. The molecule has 0 bridgehead atoms. The lowest BCUT2D eigenvalue weighted by Gasteiger charge is -1.99. The highest BCUT2D eigenvalue weighted by molar-refractivity contribution is 7.09. The lowest BCUT2D eigenvalue weighted by molar-refractivity contribution is 0.103. The summed E-state index contributed by atoms with van der Waals surface area (Å²) in [6.07, 6.45) is 3.50. The molecule has 0 spiro atoms. The van der Waals surface area contributed by atoms with Crippen LogP contribution in [-0.2, 0) is 0 Å². The van der Waals surface area contributed by atoms with Gasteiger partial charge in [0.25, 0.3) is 0 Å². The zero-order valence-electron chi connectivity index (χ0n) is 36.7. The van der Waals surface area contributed by atoms with E-state index in [0.717, 1.165) is 22.6 Å². The first-order valence-electron chi connectivity index (χ1n) is 20.4. The number of carbonyl (C=O) groups is 1. The summed E-state index contributed by atoms with van der Waals surface area (Å²) in [7, 11) is 0. The van der Waals surface area contributed by atoms with Crippen LogP contribution in [-0.4, -0.2) is 17.6 Å². The van der Waals surface area contributed by atoms with E-state index in [-0.39, 0.29) is 5.78 Å². The average molecular weight is 828 g/mol. The molecule has 0 atom stereocenters. The molecule has 59 heavy (non-hydrogen) atoms. The van der Waals surface area contributed by atoms with Gasteiger partial charge in [-0.05, 0) is 82.7 Å². The van der Waals surface area contributed by atoms with Gasteiger partial charge in [0.2, 0.25) is 6.79 Å². The number of benzene rings is 5. The third-order valence-corrected chi connectivity index (χ3v) is 8.50. The van der Waals surface area contributed by atoms with E-state index in [2.05, 4.69) is 102 Å². The molecule has 0 aliphatic carbocycles. The summed E-state index contributed by atoms with van der Waals surface area (Å²) in [6, 6.07) is 54.9. The summed E-state index contributed by atoms with van der Waals surface area (Å²) in [5.41, 5.74) is 2.83. The second-order valence-corrected chi connectivity index (χ2v) is 12.7. The largest absolute Gasteiger partial charge is 0.454 e. The average Bonchev–Trinajstić information content (AvgIpc) is 4.16. The lowest BCUT2D eigenvalue weighted by atomic mass is 10.0. The number of aromatic nitrogens is 1. The summed E-state index contributed by atoms with van der Waals surface area (Å²) in [6.45, 7) is 20.6. The molecule has 4 nitrogen and oxygen atoms in total. The Bertz CT molecular complexity index is 1860. The summed E-state index contributed by atoms with van der Waals surface area (Å²) in [5.74, 6) is 1.77. The second kappa shape index (κ2) is 37.7. The van der Waals surface area contributed by atoms with Gasteiger partial charge in [-0.3, -0.25) is 9.78 Å². The van der Waals surface area contributed by atoms with Gasteiger partial charge in [-0.2, -0.15) is 11.3 Å². The smallest absolute Gasteiger partial charge is 0.231 e. The zero-order chi connectivity index (χ0) is 43.8. The molecule has 0 radical (unpaired) electrons. The van der Waals surface area contributed by atoms with E-state index < -0.39 is 0 Å². The summed E-state index contributed by atoms with van der Waals surface area (Å²) < 4.78 is 10.2. The van der Waals surface area contributed by atoms with Crippen LogP contribution in [0.1, 0.15) is 81.8 Å². The third-order valence-electron chi connectivity index (χ3n) is 6.90. The topological polar surface area (TPSA) is 48.4 Å². The maximum absolute atomic E-state index is 11.8. The number of rotatable bonds is 2. The maximum Gasteiger partial charge on any atom is 0.231 e. The van der Waals surface area contributed by atoms with E-state index in [4.69, 9.17) is 9.47 Å². The van der Waals surface area contributed by atoms with Gasteiger partial charge in [-0.25, -0.2) is 0 Å². The predicted octanol–water partition coefficient (Wildman–Crippen LogP) is 16.5. The number of hydrogen-bond acceptors (Lipinski definition) is 6. The number of hydrogen-bond donors (Lipinski definition) is 0. The molecule has 0 fully saturated rings. The molecule has 1 aliphatic rings. The molecule has 1 aliphatic heterocycles. The minimum absolute atomic E-state index is 0.0752. The Morgan fingerprint density at radius 1 is 0.475 bits per heavy atom. The number of ketones is 1. The molecule has 0 saturated heterocycles. The molecule has 9 rings (SSSR count). The van der Waals surface area contributed by atoms with Crippen LogP contribution < -0.4 is 9.47 Å². The molecule has 0 amide bonds. The number of thiophene rings is 2. The maximum atomic E-state index is 11.8. The van der Waals surface area contributed by atoms with Crippen molar-refractivity contribution in [3.63, 3.8) is 0 Å². The van der Waals surface area contributed by atoms with Crippen molar-refractivity contribution in [2.24, 2.45) is 0 Å². The molecular formula is C53H65NO3S2. The summed E-state index contributed by atoms with van der Waals surface area (Å²) >= 11 is 3.52. The van der Waals surface area contributed by atoms with Crippen molar-refractivity contribution in [1.82, 2.24) is 4.98 Å². The highest BCUT2D eigenvalue weighted by Gasteiger charge is 2.09. The Hall–Kier alpha value is -5.82. The SMILES string of the molecule is CC.CC.CC.CC.Cc1cccs1.Cc1ccsc1.O=C(c1ccccc1)c1ccccc1.c1ccc2c(c1)OCO2.c1ccc2ccccc2c1.c1ccncc1. The fourth-order valence-corrected chi connectivity index (χ4v) is 5.52. The minimum Gasteiger partial charge on any atom is -0.454 e. The van der Waals surface area contributed by atoms with Crippen LogP contribution in [0.4, 0.5) is 0 Å². The Balaban J connectivity index is 0.000000677. The Morgan fingerprint density at radius 3 is 1.15 bits per heavy atom. The quantitative estimate of drug-likeness (QED) is 0.163. The molecule has 4 heterocycles. The Kier molecular flexibility index (Phi) is 34.0. The van der Waals surface area contributed by atoms with E-state index >= 15 is 0 Å².